The van der Waals surface area contributed by atoms with Crippen LogP contribution in [0.4, 0.5) is 0 Å². The second kappa shape index (κ2) is 7.85. The van der Waals surface area contributed by atoms with E-state index < -0.39 is 0 Å². The second-order valence-corrected chi connectivity index (χ2v) is 6.55. The number of hydrogen-bond donors (Lipinski definition) is 1. The Bertz CT molecular complexity index is 718. The Balaban J connectivity index is 1.73. The summed E-state index contributed by atoms with van der Waals surface area (Å²) < 4.78 is 12.9. The molecule has 0 spiro atoms. The van der Waals surface area contributed by atoms with Crippen LogP contribution in [0.5, 0.6) is 0 Å². The third-order valence-corrected chi connectivity index (χ3v) is 4.86. The van der Waals surface area contributed by atoms with E-state index in [1.807, 2.05) is 38.1 Å². The van der Waals surface area contributed by atoms with Gasteiger partial charge in [0.25, 0.3) is 5.91 Å². The first-order valence-corrected chi connectivity index (χ1v) is 8.79. The van der Waals surface area contributed by atoms with Crippen molar-refractivity contribution in [3.05, 3.63) is 58.9 Å². The van der Waals surface area contributed by atoms with Crippen molar-refractivity contribution >= 4 is 5.91 Å². The number of aromatic nitrogens is 1. The van der Waals surface area contributed by atoms with Crippen molar-refractivity contribution in [1.82, 2.24) is 9.88 Å². The molecule has 1 saturated heterocycles. The second-order valence-electron chi connectivity index (χ2n) is 6.55. The fourth-order valence-electron chi connectivity index (χ4n) is 3.45. The molecule has 0 radical (unpaired) electrons. The highest BCUT2D eigenvalue weighted by Gasteiger charge is 2.21. The minimum absolute atomic E-state index is 0.0319. The van der Waals surface area contributed by atoms with Gasteiger partial charge in [0.05, 0.1) is 24.3 Å². The minimum Gasteiger partial charge on any atom is -0.355 e. The number of benzene rings is 1. The summed E-state index contributed by atoms with van der Waals surface area (Å²) in [6.07, 6.45) is 0.842. The van der Waals surface area contributed by atoms with Crippen LogP contribution in [0.25, 0.3) is 0 Å². The quantitative estimate of drug-likeness (QED) is 0.908. The van der Waals surface area contributed by atoms with Gasteiger partial charge < -0.3 is 19.4 Å². The Morgan fingerprint density at radius 1 is 1.32 bits per heavy atom. The number of nitrogens with one attached hydrogen (secondary N) is 1. The van der Waals surface area contributed by atoms with E-state index in [-0.39, 0.29) is 18.1 Å². The topological polar surface area (TPSA) is 52.5 Å². The standard InChI is InChI=1S/C20H26N2O3/c1-14-11-19(20(23)21-12-18-9-10-24-13-25-18)16(3)22(14)15(2)17-7-5-4-6-8-17/h4-8,11,15,18H,9-10,12-13H2,1-3H3,(H,21,23)/t15-,18+/m0/s1. The van der Waals surface area contributed by atoms with E-state index in [4.69, 9.17) is 9.47 Å². The van der Waals surface area contributed by atoms with Crippen LogP contribution >= 0.6 is 0 Å². The molecule has 1 aromatic carbocycles. The summed E-state index contributed by atoms with van der Waals surface area (Å²) in [7, 11) is 0. The summed E-state index contributed by atoms with van der Waals surface area (Å²) in [4.78, 5) is 12.6. The molecule has 2 aromatic rings. The summed E-state index contributed by atoms with van der Waals surface area (Å²) in [5.74, 6) is -0.0466. The van der Waals surface area contributed by atoms with E-state index in [1.54, 1.807) is 0 Å². The van der Waals surface area contributed by atoms with E-state index in [0.29, 0.717) is 19.9 Å². The predicted octanol–water partition coefficient (Wildman–Crippen LogP) is 3.21. The summed E-state index contributed by atoms with van der Waals surface area (Å²) in [6.45, 7) is 7.72. The fraction of sp³-hybridized carbons (Fsp3) is 0.450. The summed E-state index contributed by atoms with van der Waals surface area (Å²) >= 11 is 0. The molecule has 5 heteroatoms. The largest absolute Gasteiger partial charge is 0.355 e. The minimum atomic E-state index is -0.0466. The van der Waals surface area contributed by atoms with Gasteiger partial charge >= 0.3 is 0 Å². The van der Waals surface area contributed by atoms with Gasteiger partial charge in [0, 0.05) is 17.9 Å². The van der Waals surface area contributed by atoms with Gasteiger partial charge in [-0.1, -0.05) is 30.3 Å². The lowest BCUT2D eigenvalue weighted by molar-refractivity contribution is -0.136. The number of aryl methyl sites for hydroxylation is 1. The molecule has 2 atom stereocenters. The molecule has 134 valence electrons. The predicted molar refractivity (Wildman–Crippen MR) is 96.8 cm³/mol. The Kier molecular flexibility index (Phi) is 5.56. The maximum absolute atomic E-state index is 12.6. The smallest absolute Gasteiger partial charge is 0.253 e. The molecule has 3 rings (SSSR count). The highest BCUT2D eigenvalue weighted by atomic mass is 16.7. The van der Waals surface area contributed by atoms with Crippen LogP contribution in [-0.2, 0) is 9.47 Å². The van der Waals surface area contributed by atoms with Gasteiger partial charge in [0.1, 0.15) is 6.79 Å². The summed E-state index contributed by atoms with van der Waals surface area (Å²) in [6, 6.07) is 12.5. The van der Waals surface area contributed by atoms with Crippen molar-refractivity contribution in [3.63, 3.8) is 0 Å². The molecule has 1 fully saturated rings. The first kappa shape index (κ1) is 17.7. The highest BCUT2D eigenvalue weighted by Crippen LogP contribution is 2.25. The first-order valence-electron chi connectivity index (χ1n) is 8.79. The highest BCUT2D eigenvalue weighted by molar-refractivity contribution is 5.95. The van der Waals surface area contributed by atoms with Crippen LogP contribution in [0, 0.1) is 13.8 Å². The number of ether oxygens (including phenoxy) is 2. The number of hydrogen-bond acceptors (Lipinski definition) is 3. The molecule has 0 bridgehead atoms. The maximum atomic E-state index is 12.6. The van der Waals surface area contributed by atoms with Crippen LogP contribution in [0.3, 0.4) is 0 Å². The van der Waals surface area contributed by atoms with Crippen molar-refractivity contribution < 1.29 is 14.3 Å². The van der Waals surface area contributed by atoms with Gasteiger partial charge in [0.15, 0.2) is 0 Å². The van der Waals surface area contributed by atoms with Gasteiger partial charge in [0.2, 0.25) is 0 Å². The number of amides is 1. The molecule has 0 unspecified atom stereocenters. The Labute approximate surface area is 148 Å². The van der Waals surface area contributed by atoms with Gasteiger partial charge in [-0.05, 0) is 38.8 Å². The molecular formula is C20H26N2O3. The lowest BCUT2D eigenvalue weighted by Gasteiger charge is -2.23. The molecule has 5 nitrogen and oxygen atoms in total. The fourth-order valence-corrected chi connectivity index (χ4v) is 3.45. The SMILES string of the molecule is Cc1cc(C(=O)NC[C@H]2CCOCO2)c(C)n1[C@@H](C)c1ccccc1. The van der Waals surface area contributed by atoms with Gasteiger partial charge in [-0.15, -0.1) is 0 Å². The van der Waals surface area contributed by atoms with Crippen molar-refractivity contribution in [2.24, 2.45) is 0 Å². The monoisotopic (exact) mass is 342 g/mol. The Hall–Kier alpha value is -2.11. The lowest BCUT2D eigenvalue weighted by Crippen LogP contribution is -2.37. The third kappa shape index (κ3) is 3.94. The first-order chi connectivity index (χ1) is 12.1. The van der Waals surface area contributed by atoms with Crippen molar-refractivity contribution in [2.45, 2.75) is 39.3 Å². The number of rotatable bonds is 5. The zero-order valence-corrected chi connectivity index (χ0v) is 15.1. The zero-order chi connectivity index (χ0) is 17.8. The van der Waals surface area contributed by atoms with E-state index in [9.17, 15) is 4.79 Å². The number of nitrogens with zero attached hydrogens (tertiary/aromatic N) is 1. The van der Waals surface area contributed by atoms with Crippen molar-refractivity contribution in [2.75, 3.05) is 19.9 Å². The molecule has 1 aliphatic rings. The van der Waals surface area contributed by atoms with Gasteiger partial charge in [-0.25, -0.2) is 0 Å². The van der Waals surface area contributed by atoms with Crippen molar-refractivity contribution in [3.8, 4) is 0 Å². The van der Waals surface area contributed by atoms with Crippen LogP contribution in [-0.4, -0.2) is 36.5 Å². The Morgan fingerprint density at radius 3 is 2.76 bits per heavy atom. The van der Waals surface area contributed by atoms with E-state index in [1.165, 1.54) is 5.56 Å². The summed E-state index contributed by atoms with van der Waals surface area (Å²) in [5.41, 5.74) is 4.03. The zero-order valence-electron chi connectivity index (χ0n) is 15.1. The number of carbonyl (C=O) groups excluding carboxylic acids is 1. The normalized spacial score (nSPS) is 18.8. The summed E-state index contributed by atoms with van der Waals surface area (Å²) in [5, 5.41) is 3.00. The molecule has 2 heterocycles. The average molecular weight is 342 g/mol. The third-order valence-electron chi connectivity index (χ3n) is 4.86. The van der Waals surface area contributed by atoms with Gasteiger partial charge in [-0.3, -0.25) is 4.79 Å². The molecule has 25 heavy (non-hydrogen) atoms. The van der Waals surface area contributed by atoms with E-state index >= 15 is 0 Å². The van der Waals surface area contributed by atoms with Crippen LogP contribution in [0.1, 0.15) is 46.7 Å². The number of carbonyl (C=O) groups is 1. The van der Waals surface area contributed by atoms with Crippen LogP contribution < -0.4 is 5.32 Å². The maximum Gasteiger partial charge on any atom is 0.253 e. The Morgan fingerprint density at radius 2 is 2.08 bits per heavy atom. The molecule has 0 aliphatic carbocycles. The van der Waals surface area contributed by atoms with E-state index in [0.717, 1.165) is 23.4 Å². The molecular weight excluding hydrogens is 316 g/mol. The van der Waals surface area contributed by atoms with Crippen molar-refractivity contribution in [1.29, 1.82) is 0 Å². The van der Waals surface area contributed by atoms with Gasteiger partial charge in [-0.2, -0.15) is 0 Å². The molecule has 1 amide bonds. The molecule has 1 aliphatic heterocycles. The molecule has 0 saturated carbocycles. The lowest BCUT2D eigenvalue weighted by atomic mass is 10.1. The molecule has 1 N–H and O–H groups in total. The van der Waals surface area contributed by atoms with Crippen LogP contribution in [0.15, 0.2) is 36.4 Å². The molecule has 1 aromatic heterocycles. The van der Waals surface area contributed by atoms with E-state index in [2.05, 4.69) is 28.9 Å². The van der Waals surface area contributed by atoms with Crippen LogP contribution in [0.2, 0.25) is 0 Å². The average Bonchev–Trinajstić information content (AvgIpc) is 2.95.